The smallest absolute Gasteiger partial charge is 0.0842 e. The normalized spacial score (nSPS) is 16.3. The fourth-order valence-electron chi connectivity index (χ4n) is 2.32. The standard InChI is InChI=1S/C16H27NO/c1-6-12-17-15(16(4,7-2)18-5)14-11-9-8-10-13(14)3/h8-11,15,17H,6-7,12H2,1-5H3. The van der Waals surface area contributed by atoms with Gasteiger partial charge in [0, 0.05) is 7.11 Å². The van der Waals surface area contributed by atoms with E-state index in [1.165, 1.54) is 11.1 Å². The molecule has 1 N–H and O–H groups in total. The summed E-state index contributed by atoms with van der Waals surface area (Å²) in [5.74, 6) is 0. The van der Waals surface area contributed by atoms with Crippen LogP contribution in [-0.2, 0) is 4.74 Å². The number of methoxy groups -OCH3 is 1. The third-order valence-corrected chi connectivity index (χ3v) is 3.88. The van der Waals surface area contributed by atoms with Crippen LogP contribution in [0.2, 0.25) is 0 Å². The Balaban J connectivity index is 3.09. The Morgan fingerprint density at radius 2 is 1.94 bits per heavy atom. The summed E-state index contributed by atoms with van der Waals surface area (Å²) in [6.07, 6.45) is 2.12. The van der Waals surface area contributed by atoms with Crippen molar-refractivity contribution in [3.05, 3.63) is 35.4 Å². The molecule has 0 saturated heterocycles. The maximum atomic E-state index is 5.79. The molecule has 0 aliphatic carbocycles. The molecule has 1 aromatic carbocycles. The molecule has 0 aliphatic rings. The highest BCUT2D eigenvalue weighted by molar-refractivity contribution is 5.30. The molecule has 1 rings (SSSR count). The molecule has 0 aliphatic heterocycles. The zero-order valence-electron chi connectivity index (χ0n) is 12.4. The van der Waals surface area contributed by atoms with Gasteiger partial charge in [-0.1, -0.05) is 38.1 Å². The Hall–Kier alpha value is -0.860. The van der Waals surface area contributed by atoms with Gasteiger partial charge in [-0.05, 0) is 44.4 Å². The van der Waals surface area contributed by atoms with E-state index in [0.717, 1.165) is 19.4 Å². The van der Waals surface area contributed by atoms with Crippen molar-refractivity contribution in [2.45, 2.75) is 52.2 Å². The number of nitrogens with one attached hydrogen (secondary N) is 1. The van der Waals surface area contributed by atoms with Crippen LogP contribution in [-0.4, -0.2) is 19.3 Å². The first kappa shape index (κ1) is 15.2. The summed E-state index contributed by atoms with van der Waals surface area (Å²) in [4.78, 5) is 0. The van der Waals surface area contributed by atoms with Crippen LogP contribution in [0.1, 0.15) is 50.8 Å². The van der Waals surface area contributed by atoms with Gasteiger partial charge >= 0.3 is 0 Å². The van der Waals surface area contributed by atoms with Crippen molar-refractivity contribution in [3.8, 4) is 0 Å². The molecule has 102 valence electrons. The molecular weight excluding hydrogens is 222 g/mol. The van der Waals surface area contributed by atoms with Gasteiger partial charge in [0.25, 0.3) is 0 Å². The van der Waals surface area contributed by atoms with Crippen LogP contribution in [0.25, 0.3) is 0 Å². The average Bonchev–Trinajstić information content (AvgIpc) is 2.40. The minimum atomic E-state index is -0.165. The van der Waals surface area contributed by atoms with E-state index in [-0.39, 0.29) is 11.6 Å². The molecule has 18 heavy (non-hydrogen) atoms. The summed E-state index contributed by atoms with van der Waals surface area (Å²) in [6, 6.07) is 8.81. The molecule has 0 bridgehead atoms. The SMILES string of the molecule is CCCNC(c1ccccc1C)C(C)(CC)OC. The fraction of sp³-hybridized carbons (Fsp3) is 0.625. The van der Waals surface area contributed by atoms with Crippen molar-refractivity contribution < 1.29 is 4.74 Å². The van der Waals surface area contributed by atoms with Crippen molar-refractivity contribution in [1.82, 2.24) is 5.32 Å². The van der Waals surface area contributed by atoms with Crippen molar-refractivity contribution in [2.24, 2.45) is 0 Å². The minimum Gasteiger partial charge on any atom is -0.377 e. The second-order valence-electron chi connectivity index (χ2n) is 5.11. The molecule has 0 aromatic heterocycles. The fourth-order valence-corrected chi connectivity index (χ4v) is 2.32. The van der Waals surface area contributed by atoms with Gasteiger partial charge in [-0.2, -0.15) is 0 Å². The van der Waals surface area contributed by atoms with E-state index in [4.69, 9.17) is 4.74 Å². The molecule has 2 nitrogen and oxygen atoms in total. The molecule has 2 unspecified atom stereocenters. The number of hydrogen-bond acceptors (Lipinski definition) is 2. The summed E-state index contributed by atoms with van der Waals surface area (Å²) < 4.78 is 5.79. The number of aryl methyl sites for hydroxylation is 1. The molecule has 0 saturated carbocycles. The number of hydrogen-bond donors (Lipinski definition) is 1. The van der Waals surface area contributed by atoms with Crippen LogP contribution < -0.4 is 5.32 Å². The largest absolute Gasteiger partial charge is 0.377 e. The number of rotatable bonds is 7. The lowest BCUT2D eigenvalue weighted by Crippen LogP contribution is -2.43. The lowest BCUT2D eigenvalue weighted by atomic mass is 9.85. The Kier molecular flexibility index (Phi) is 5.83. The van der Waals surface area contributed by atoms with E-state index in [9.17, 15) is 0 Å². The molecule has 0 radical (unpaired) electrons. The predicted molar refractivity (Wildman–Crippen MR) is 77.9 cm³/mol. The molecule has 1 aromatic rings. The molecular formula is C16H27NO. The van der Waals surface area contributed by atoms with Crippen LogP contribution in [0.5, 0.6) is 0 Å². The molecule has 0 heterocycles. The monoisotopic (exact) mass is 249 g/mol. The molecule has 0 fully saturated rings. The van der Waals surface area contributed by atoms with Gasteiger partial charge in [0.15, 0.2) is 0 Å². The first-order valence-corrected chi connectivity index (χ1v) is 6.93. The topological polar surface area (TPSA) is 21.3 Å². The van der Waals surface area contributed by atoms with Crippen LogP contribution >= 0.6 is 0 Å². The first-order valence-electron chi connectivity index (χ1n) is 6.93. The van der Waals surface area contributed by atoms with E-state index in [2.05, 4.69) is 57.3 Å². The van der Waals surface area contributed by atoms with Crippen molar-refractivity contribution >= 4 is 0 Å². The van der Waals surface area contributed by atoms with Gasteiger partial charge in [-0.3, -0.25) is 0 Å². The molecule has 2 atom stereocenters. The maximum Gasteiger partial charge on any atom is 0.0842 e. The summed E-state index contributed by atoms with van der Waals surface area (Å²) in [6.45, 7) is 9.74. The molecule has 2 heteroatoms. The Morgan fingerprint density at radius 3 is 2.44 bits per heavy atom. The van der Waals surface area contributed by atoms with Crippen LogP contribution in [0.3, 0.4) is 0 Å². The average molecular weight is 249 g/mol. The first-order chi connectivity index (χ1) is 8.59. The highest BCUT2D eigenvalue weighted by atomic mass is 16.5. The van der Waals surface area contributed by atoms with Gasteiger partial charge in [0.2, 0.25) is 0 Å². The highest BCUT2D eigenvalue weighted by Crippen LogP contribution is 2.33. The lowest BCUT2D eigenvalue weighted by molar-refractivity contribution is -0.0301. The highest BCUT2D eigenvalue weighted by Gasteiger charge is 2.33. The van der Waals surface area contributed by atoms with E-state index < -0.39 is 0 Å². The van der Waals surface area contributed by atoms with Crippen molar-refractivity contribution in [2.75, 3.05) is 13.7 Å². The van der Waals surface area contributed by atoms with Crippen LogP contribution in [0.15, 0.2) is 24.3 Å². The third kappa shape index (κ3) is 3.33. The second kappa shape index (κ2) is 6.91. The van der Waals surface area contributed by atoms with Crippen LogP contribution in [0, 0.1) is 6.92 Å². The third-order valence-electron chi connectivity index (χ3n) is 3.88. The summed E-state index contributed by atoms with van der Waals surface area (Å²) in [5.41, 5.74) is 2.50. The van der Waals surface area contributed by atoms with Gasteiger partial charge in [0.1, 0.15) is 0 Å². The van der Waals surface area contributed by atoms with E-state index in [1.807, 2.05) is 7.11 Å². The minimum absolute atomic E-state index is 0.165. The Morgan fingerprint density at radius 1 is 1.28 bits per heavy atom. The van der Waals surface area contributed by atoms with Crippen molar-refractivity contribution in [1.29, 1.82) is 0 Å². The van der Waals surface area contributed by atoms with Gasteiger partial charge in [-0.15, -0.1) is 0 Å². The van der Waals surface area contributed by atoms with E-state index in [1.54, 1.807) is 0 Å². The Bertz CT molecular complexity index is 358. The molecule has 0 amide bonds. The predicted octanol–water partition coefficient (Wildman–Crippen LogP) is 3.85. The second-order valence-corrected chi connectivity index (χ2v) is 5.11. The van der Waals surface area contributed by atoms with Crippen molar-refractivity contribution in [3.63, 3.8) is 0 Å². The summed E-state index contributed by atoms with van der Waals surface area (Å²) in [7, 11) is 1.81. The lowest BCUT2D eigenvalue weighted by Gasteiger charge is -2.37. The summed E-state index contributed by atoms with van der Waals surface area (Å²) >= 11 is 0. The zero-order chi connectivity index (χ0) is 13.6. The van der Waals surface area contributed by atoms with Gasteiger partial charge < -0.3 is 10.1 Å². The number of benzene rings is 1. The number of ether oxygens (including phenoxy) is 1. The van der Waals surface area contributed by atoms with E-state index >= 15 is 0 Å². The van der Waals surface area contributed by atoms with E-state index in [0.29, 0.717) is 0 Å². The summed E-state index contributed by atoms with van der Waals surface area (Å²) in [5, 5.41) is 3.64. The zero-order valence-corrected chi connectivity index (χ0v) is 12.4. The van der Waals surface area contributed by atoms with Gasteiger partial charge in [-0.25, -0.2) is 0 Å². The quantitative estimate of drug-likeness (QED) is 0.792. The molecule has 0 spiro atoms. The Labute approximate surface area is 112 Å². The maximum absolute atomic E-state index is 5.79. The van der Waals surface area contributed by atoms with Crippen LogP contribution in [0.4, 0.5) is 0 Å². The van der Waals surface area contributed by atoms with Gasteiger partial charge in [0.05, 0.1) is 11.6 Å².